The number of amides is 1. The first-order valence-electron chi connectivity index (χ1n) is 5.85. The fraction of sp³-hybridized carbons (Fsp3) is 0.909. The summed E-state index contributed by atoms with van der Waals surface area (Å²) in [5, 5.41) is 8.79. The van der Waals surface area contributed by atoms with Crippen LogP contribution in [0.15, 0.2) is 0 Å². The lowest BCUT2D eigenvalue weighted by Gasteiger charge is -2.43. The molecule has 1 spiro atoms. The van der Waals surface area contributed by atoms with Crippen molar-refractivity contribution in [2.75, 3.05) is 19.7 Å². The first-order valence-corrected chi connectivity index (χ1v) is 5.85. The third-order valence-electron chi connectivity index (χ3n) is 3.53. The molecule has 0 atom stereocenters. The lowest BCUT2D eigenvalue weighted by molar-refractivity contribution is -0.0702. The summed E-state index contributed by atoms with van der Waals surface area (Å²) >= 11 is 0. The van der Waals surface area contributed by atoms with Crippen LogP contribution in [0.1, 0.15) is 38.5 Å². The Bertz CT molecular complexity index is 236. The van der Waals surface area contributed by atoms with Crippen LogP contribution in [0.2, 0.25) is 0 Å². The zero-order chi connectivity index (χ0) is 10.7. The molecule has 0 aromatic carbocycles. The van der Waals surface area contributed by atoms with E-state index in [-0.39, 0.29) is 18.3 Å². The van der Waals surface area contributed by atoms with Crippen LogP contribution in [0.3, 0.4) is 0 Å². The average Bonchev–Trinajstić information content (AvgIpc) is 2.24. The van der Waals surface area contributed by atoms with E-state index in [0.29, 0.717) is 6.54 Å². The van der Waals surface area contributed by atoms with Crippen LogP contribution < -0.4 is 0 Å². The quantitative estimate of drug-likeness (QED) is 0.756. The molecule has 1 amide bonds. The van der Waals surface area contributed by atoms with Crippen molar-refractivity contribution in [3.63, 3.8) is 0 Å². The highest BCUT2D eigenvalue weighted by Gasteiger charge is 2.40. The van der Waals surface area contributed by atoms with E-state index in [0.717, 1.165) is 25.8 Å². The van der Waals surface area contributed by atoms with Gasteiger partial charge in [0.1, 0.15) is 5.60 Å². The lowest BCUT2D eigenvalue weighted by atomic mass is 9.81. The van der Waals surface area contributed by atoms with E-state index in [4.69, 9.17) is 9.84 Å². The first-order chi connectivity index (χ1) is 7.26. The molecule has 1 saturated carbocycles. The van der Waals surface area contributed by atoms with Crippen LogP contribution in [0.4, 0.5) is 4.79 Å². The van der Waals surface area contributed by atoms with Crippen LogP contribution in [0, 0.1) is 0 Å². The summed E-state index contributed by atoms with van der Waals surface area (Å²) in [5.41, 5.74) is -0.165. The minimum absolute atomic E-state index is 0.0160. The molecule has 2 aliphatic rings. The van der Waals surface area contributed by atoms with Crippen molar-refractivity contribution in [2.45, 2.75) is 44.1 Å². The molecule has 1 aliphatic heterocycles. The highest BCUT2D eigenvalue weighted by atomic mass is 16.6. The van der Waals surface area contributed by atoms with Crippen LogP contribution in [-0.2, 0) is 4.74 Å². The summed E-state index contributed by atoms with van der Waals surface area (Å²) < 4.78 is 5.56. The number of aliphatic hydroxyl groups is 1. The van der Waals surface area contributed by atoms with Gasteiger partial charge in [0, 0.05) is 19.5 Å². The van der Waals surface area contributed by atoms with Gasteiger partial charge >= 0.3 is 6.09 Å². The normalized spacial score (nSPS) is 25.4. The Hall–Kier alpha value is -0.770. The van der Waals surface area contributed by atoms with Gasteiger partial charge in [-0.2, -0.15) is 0 Å². The monoisotopic (exact) mass is 213 g/mol. The topological polar surface area (TPSA) is 49.8 Å². The Kier molecular flexibility index (Phi) is 3.14. The Labute approximate surface area is 90.2 Å². The number of β-amino-alcohol motifs (C(OH)–C–C–N with tert-alkyl or cyclic N) is 1. The smallest absolute Gasteiger partial charge is 0.410 e. The molecule has 2 fully saturated rings. The van der Waals surface area contributed by atoms with Crippen LogP contribution >= 0.6 is 0 Å². The van der Waals surface area contributed by atoms with Gasteiger partial charge in [0.05, 0.1) is 6.61 Å². The SMILES string of the molecule is O=C1OC2(CCCCC2)CCN1CCO. The van der Waals surface area contributed by atoms with Crippen molar-refractivity contribution in [3.8, 4) is 0 Å². The molecule has 86 valence electrons. The molecule has 0 aromatic rings. The Balaban J connectivity index is 1.94. The minimum Gasteiger partial charge on any atom is -0.443 e. The van der Waals surface area contributed by atoms with Crippen LogP contribution in [-0.4, -0.2) is 41.4 Å². The molecule has 0 radical (unpaired) electrons. The summed E-state index contributed by atoms with van der Waals surface area (Å²) in [6.45, 7) is 1.15. The Morgan fingerprint density at radius 2 is 2.00 bits per heavy atom. The van der Waals surface area contributed by atoms with Gasteiger partial charge in [-0.3, -0.25) is 0 Å². The van der Waals surface area contributed by atoms with Crippen molar-refractivity contribution < 1.29 is 14.6 Å². The molecule has 4 nitrogen and oxygen atoms in total. The van der Waals surface area contributed by atoms with E-state index in [2.05, 4.69) is 0 Å². The molecule has 0 aromatic heterocycles. The van der Waals surface area contributed by atoms with E-state index in [1.807, 2.05) is 0 Å². The van der Waals surface area contributed by atoms with Gasteiger partial charge in [-0.1, -0.05) is 6.42 Å². The van der Waals surface area contributed by atoms with E-state index in [1.54, 1.807) is 4.90 Å². The molecule has 2 rings (SSSR count). The fourth-order valence-electron chi connectivity index (χ4n) is 2.60. The standard InChI is InChI=1S/C11H19NO3/c13-9-8-12-7-6-11(15-10(12)14)4-2-1-3-5-11/h13H,1-9H2. The zero-order valence-electron chi connectivity index (χ0n) is 9.07. The molecular formula is C11H19NO3. The highest BCUT2D eigenvalue weighted by molar-refractivity contribution is 5.69. The Morgan fingerprint density at radius 3 is 2.60 bits per heavy atom. The van der Waals surface area contributed by atoms with Gasteiger partial charge < -0.3 is 14.7 Å². The number of aliphatic hydroxyl groups excluding tert-OH is 1. The van der Waals surface area contributed by atoms with E-state index < -0.39 is 0 Å². The van der Waals surface area contributed by atoms with Gasteiger partial charge in [-0.15, -0.1) is 0 Å². The molecule has 4 heteroatoms. The largest absolute Gasteiger partial charge is 0.443 e. The maximum Gasteiger partial charge on any atom is 0.410 e. The van der Waals surface area contributed by atoms with Gasteiger partial charge in [-0.25, -0.2) is 4.79 Å². The molecule has 0 bridgehead atoms. The number of nitrogens with zero attached hydrogens (tertiary/aromatic N) is 1. The van der Waals surface area contributed by atoms with Crippen molar-refractivity contribution >= 4 is 6.09 Å². The number of rotatable bonds is 2. The maximum absolute atomic E-state index is 11.7. The predicted octanol–water partition coefficient (Wildman–Crippen LogP) is 1.52. The minimum atomic E-state index is -0.239. The highest BCUT2D eigenvalue weighted by Crippen LogP contribution is 2.37. The van der Waals surface area contributed by atoms with Crippen molar-refractivity contribution in [1.29, 1.82) is 0 Å². The van der Waals surface area contributed by atoms with E-state index in [9.17, 15) is 4.79 Å². The average molecular weight is 213 g/mol. The summed E-state index contributed by atoms with van der Waals surface area (Å²) in [4.78, 5) is 13.2. The number of ether oxygens (including phenoxy) is 1. The first kappa shape index (κ1) is 10.7. The second kappa shape index (κ2) is 4.39. The van der Waals surface area contributed by atoms with E-state index >= 15 is 0 Å². The van der Waals surface area contributed by atoms with Gasteiger partial charge in [0.25, 0.3) is 0 Å². The molecular weight excluding hydrogens is 194 g/mol. The van der Waals surface area contributed by atoms with Crippen LogP contribution in [0.5, 0.6) is 0 Å². The molecule has 1 N–H and O–H groups in total. The third-order valence-corrected chi connectivity index (χ3v) is 3.53. The van der Waals surface area contributed by atoms with Crippen molar-refractivity contribution in [2.24, 2.45) is 0 Å². The van der Waals surface area contributed by atoms with Crippen LogP contribution in [0.25, 0.3) is 0 Å². The molecule has 1 aliphatic carbocycles. The number of carbonyl (C=O) groups is 1. The summed E-state index contributed by atoms with van der Waals surface area (Å²) in [5.74, 6) is 0. The lowest BCUT2D eigenvalue weighted by Crippen LogP contribution is -2.51. The molecule has 1 saturated heterocycles. The second-order valence-corrected chi connectivity index (χ2v) is 4.57. The van der Waals surface area contributed by atoms with Crippen molar-refractivity contribution in [1.82, 2.24) is 4.90 Å². The third kappa shape index (κ3) is 2.25. The molecule has 0 unspecified atom stereocenters. The molecule has 1 heterocycles. The summed E-state index contributed by atoms with van der Waals surface area (Å²) in [7, 11) is 0. The van der Waals surface area contributed by atoms with Gasteiger partial charge in [-0.05, 0) is 25.7 Å². The fourth-order valence-corrected chi connectivity index (χ4v) is 2.60. The van der Waals surface area contributed by atoms with Gasteiger partial charge in [0.15, 0.2) is 0 Å². The number of hydrogen-bond donors (Lipinski definition) is 1. The molecule has 15 heavy (non-hydrogen) atoms. The second-order valence-electron chi connectivity index (χ2n) is 4.57. The number of carbonyl (C=O) groups excluding carboxylic acids is 1. The summed E-state index contributed by atoms with van der Waals surface area (Å²) in [6.07, 6.45) is 6.34. The van der Waals surface area contributed by atoms with Crippen molar-refractivity contribution in [3.05, 3.63) is 0 Å². The summed E-state index contributed by atoms with van der Waals surface area (Å²) in [6, 6.07) is 0. The maximum atomic E-state index is 11.7. The predicted molar refractivity (Wildman–Crippen MR) is 55.6 cm³/mol. The van der Waals surface area contributed by atoms with Gasteiger partial charge in [0.2, 0.25) is 0 Å². The zero-order valence-corrected chi connectivity index (χ0v) is 9.07. The number of hydrogen-bond acceptors (Lipinski definition) is 3. The Morgan fingerprint density at radius 1 is 1.27 bits per heavy atom. The van der Waals surface area contributed by atoms with E-state index in [1.165, 1.54) is 19.3 Å².